The highest BCUT2D eigenvalue weighted by Gasteiger charge is 2.07. The third kappa shape index (κ3) is 2.53. The molecule has 0 aliphatic rings. The number of rotatable bonds is 3. The zero-order valence-corrected chi connectivity index (χ0v) is 10.3. The summed E-state index contributed by atoms with van der Waals surface area (Å²) >= 11 is 0. The molecule has 0 radical (unpaired) electrons. The fraction of sp³-hybridized carbons (Fsp3) is 0.385. The summed E-state index contributed by atoms with van der Waals surface area (Å²) in [5.74, 6) is 1.13. The van der Waals surface area contributed by atoms with Crippen molar-refractivity contribution < 1.29 is 5.11 Å². The highest BCUT2D eigenvalue weighted by Crippen LogP contribution is 2.16. The van der Waals surface area contributed by atoms with Gasteiger partial charge in [0.25, 0.3) is 0 Å². The van der Waals surface area contributed by atoms with Crippen LogP contribution in [-0.4, -0.2) is 19.9 Å². The smallest absolute Gasteiger partial charge is 0.153 e. The van der Waals surface area contributed by atoms with Gasteiger partial charge >= 0.3 is 0 Å². The van der Waals surface area contributed by atoms with Crippen LogP contribution in [0, 0.1) is 0 Å². The molecular weight excluding hydrogens is 214 g/mol. The molecule has 2 aromatic heterocycles. The van der Waals surface area contributed by atoms with Gasteiger partial charge in [-0.25, -0.2) is 9.67 Å². The first-order valence-corrected chi connectivity index (χ1v) is 5.78. The van der Waals surface area contributed by atoms with Crippen LogP contribution in [-0.2, 0) is 0 Å². The van der Waals surface area contributed by atoms with E-state index in [1.54, 1.807) is 23.9 Å². The molecule has 0 unspecified atom stereocenters. The predicted molar refractivity (Wildman–Crippen MR) is 66.1 cm³/mol. The van der Waals surface area contributed by atoms with Crippen LogP contribution in [0.5, 0.6) is 0 Å². The molecule has 0 aliphatic heterocycles. The van der Waals surface area contributed by atoms with E-state index >= 15 is 0 Å². The fourth-order valence-electron chi connectivity index (χ4n) is 1.59. The lowest BCUT2D eigenvalue weighted by Gasteiger charge is -2.06. The third-order valence-corrected chi connectivity index (χ3v) is 2.69. The molecule has 0 spiro atoms. The first-order chi connectivity index (χ1) is 8.08. The fourth-order valence-corrected chi connectivity index (χ4v) is 1.59. The molecule has 0 amide bonds. The highest BCUT2D eigenvalue weighted by atomic mass is 16.3. The highest BCUT2D eigenvalue weighted by molar-refractivity contribution is 5.28. The molecule has 2 aromatic rings. The second kappa shape index (κ2) is 4.67. The summed E-state index contributed by atoms with van der Waals surface area (Å²) in [7, 11) is 0. The average molecular weight is 231 g/mol. The quantitative estimate of drug-likeness (QED) is 0.882. The van der Waals surface area contributed by atoms with Crippen molar-refractivity contribution in [2.75, 3.05) is 0 Å². The Kier molecular flexibility index (Phi) is 3.24. The molecule has 0 fully saturated rings. The van der Waals surface area contributed by atoms with E-state index in [2.05, 4.69) is 23.9 Å². The summed E-state index contributed by atoms with van der Waals surface area (Å²) < 4.78 is 1.74. The zero-order valence-electron chi connectivity index (χ0n) is 10.3. The zero-order chi connectivity index (χ0) is 12.4. The van der Waals surface area contributed by atoms with Gasteiger partial charge in [-0.15, -0.1) is 0 Å². The predicted octanol–water partition coefficient (Wildman–Crippen LogP) is 2.44. The summed E-state index contributed by atoms with van der Waals surface area (Å²) in [6.07, 6.45) is 3.09. The monoisotopic (exact) mass is 231 g/mol. The van der Waals surface area contributed by atoms with Gasteiger partial charge in [-0.3, -0.25) is 0 Å². The van der Waals surface area contributed by atoms with Crippen molar-refractivity contribution in [2.24, 2.45) is 0 Å². The van der Waals surface area contributed by atoms with Crippen LogP contribution >= 0.6 is 0 Å². The van der Waals surface area contributed by atoms with Crippen molar-refractivity contribution in [2.45, 2.75) is 32.8 Å². The molecule has 1 N–H and O–H groups in total. The lowest BCUT2D eigenvalue weighted by Crippen LogP contribution is -2.02. The number of nitrogens with zero attached hydrogens (tertiary/aromatic N) is 3. The van der Waals surface area contributed by atoms with Gasteiger partial charge in [0.1, 0.15) is 0 Å². The normalized spacial score (nSPS) is 13.0. The van der Waals surface area contributed by atoms with Crippen molar-refractivity contribution in [3.05, 3.63) is 41.9 Å². The van der Waals surface area contributed by atoms with Crippen molar-refractivity contribution in [3.63, 3.8) is 0 Å². The lowest BCUT2D eigenvalue weighted by atomic mass is 10.1. The summed E-state index contributed by atoms with van der Waals surface area (Å²) in [4.78, 5) is 4.25. The van der Waals surface area contributed by atoms with E-state index in [4.69, 9.17) is 0 Å². The molecule has 17 heavy (non-hydrogen) atoms. The molecule has 4 nitrogen and oxygen atoms in total. The molecule has 0 aliphatic carbocycles. The first-order valence-electron chi connectivity index (χ1n) is 5.78. The van der Waals surface area contributed by atoms with E-state index in [9.17, 15) is 5.11 Å². The Morgan fingerprint density at radius 1 is 1.24 bits per heavy atom. The van der Waals surface area contributed by atoms with Gasteiger partial charge in [0.15, 0.2) is 5.82 Å². The molecule has 90 valence electrons. The van der Waals surface area contributed by atoms with Crippen LogP contribution in [0.2, 0.25) is 0 Å². The standard InChI is InChI=1S/C13H17N3O/c1-9(2)12-5-7-16(15-12)13-8-11(10(3)17)4-6-14-13/h4-10,17H,1-3H3/t10-/m1/s1. The summed E-state index contributed by atoms with van der Waals surface area (Å²) in [5.41, 5.74) is 1.88. The van der Waals surface area contributed by atoms with E-state index in [0.717, 1.165) is 17.1 Å². The molecule has 0 saturated heterocycles. The van der Waals surface area contributed by atoms with Gasteiger partial charge in [0.05, 0.1) is 11.8 Å². The van der Waals surface area contributed by atoms with Crippen molar-refractivity contribution in [1.29, 1.82) is 0 Å². The Balaban J connectivity index is 2.35. The minimum absolute atomic E-state index is 0.399. The van der Waals surface area contributed by atoms with Crippen LogP contribution in [0.1, 0.15) is 44.1 Å². The van der Waals surface area contributed by atoms with E-state index in [-0.39, 0.29) is 0 Å². The van der Waals surface area contributed by atoms with E-state index in [1.165, 1.54) is 0 Å². The molecule has 0 bridgehead atoms. The molecular formula is C13H17N3O. The van der Waals surface area contributed by atoms with Gasteiger partial charge in [-0.2, -0.15) is 5.10 Å². The molecule has 1 atom stereocenters. The molecule has 0 saturated carbocycles. The Morgan fingerprint density at radius 2 is 2.00 bits per heavy atom. The van der Waals surface area contributed by atoms with Gasteiger partial charge in [-0.1, -0.05) is 13.8 Å². The number of aliphatic hydroxyl groups is 1. The first kappa shape index (κ1) is 11.8. The summed E-state index contributed by atoms with van der Waals surface area (Å²) in [6, 6.07) is 5.64. The van der Waals surface area contributed by atoms with E-state index < -0.39 is 6.10 Å². The Bertz CT molecular complexity index is 503. The lowest BCUT2D eigenvalue weighted by molar-refractivity contribution is 0.199. The maximum absolute atomic E-state index is 9.53. The summed E-state index contributed by atoms with van der Waals surface area (Å²) in [5, 5.41) is 14.0. The van der Waals surface area contributed by atoms with E-state index in [1.807, 2.05) is 18.3 Å². The van der Waals surface area contributed by atoms with Crippen LogP contribution in [0.3, 0.4) is 0 Å². The van der Waals surface area contributed by atoms with Crippen molar-refractivity contribution in [3.8, 4) is 5.82 Å². The van der Waals surface area contributed by atoms with Crippen LogP contribution in [0.15, 0.2) is 30.6 Å². The SMILES string of the molecule is CC(C)c1ccn(-c2cc([C@@H](C)O)ccn2)n1. The largest absolute Gasteiger partial charge is 0.389 e. The van der Waals surface area contributed by atoms with E-state index in [0.29, 0.717) is 5.92 Å². The van der Waals surface area contributed by atoms with Gasteiger partial charge < -0.3 is 5.11 Å². The number of hydrogen-bond donors (Lipinski definition) is 1. The Labute approximate surface area is 101 Å². The van der Waals surface area contributed by atoms with Gasteiger partial charge in [0.2, 0.25) is 0 Å². The van der Waals surface area contributed by atoms with Gasteiger partial charge in [-0.05, 0) is 36.6 Å². The van der Waals surface area contributed by atoms with Gasteiger partial charge in [0, 0.05) is 12.4 Å². The summed E-state index contributed by atoms with van der Waals surface area (Å²) in [6.45, 7) is 5.94. The second-order valence-electron chi connectivity index (χ2n) is 4.46. The Morgan fingerprint density at radius 3 is 2.59 bits per heavy atom. The van der Waals surface area contributed by atoms with Crippen molar-refractivity contribution >= 4 is 0 Å². The maximum atomic E-state index is 9.53. The van der Waals surface area contributed by atoms with Crippen LogP contribution in [0.4, 0.5) is 0 Å². The molecule has 4 heteroatoms. The minimum Gasteiger partial charge on any atom is -0.389 e. The Hall–Kier alpha value is -1.68. The molecule has 0 aromatic carbocycles. The van der Waals surface area contributed by atoms with Crippen LogP contribution in [0.25, 0.3) is 5.82 Å². The number of hydrogen-bond acceptors (Lipinski definition) is 3. The topological polar surface area (TPSA) is 50.9 Å². The van der Waals surface area contributed by atoms with Crippen LogP contribution < -0.4 is 0 Å². The third-order valence-electron chi connectivity index (χ3n) is 2.69. The average Bonchev–Trinajstić information content (AvgIpc) is 2.78. The molecule has 2 heterocycles. The number of aromatic nitrogens is 3. The maximum Gasteiger partial charge on any atom is 0.153 e. The van der Waals surface area contributed by atoms with Crippen molar-refractivity contribution in [1.82, 2.24) is 14.8 Å². The number of aliphatic hydroxyl groups excluding tert-OH is 1. The minimum atomic E-state index is -0.489. The number of pyridine rings is 1. The second-order valence-corrected chi connectivity index (χ2v) is 4.46. The molecule has 2 rings (SSSR count).